The van der Waals surface area contributed by atoms with Gasteiger partial charge in [-0.15, -0.1) is 0 Å². The highest BCUT2D eigenvalue weighted by Crippen LogP contribution is 2.42. The van der Waals surface area contributed by atoms with Crippen LogP contribution in [0.5, 0.6) is 0 Å². The lowest BCUT2D eigenvalue weighted by molar-refractivity contribution is 0.594. The Morgan fingerprint density at radius 1 is 1.12 bits per heavy atom. The lowest BCUT2D eigenvalue weighted by Crippen LogP contribution is -2.09. The van der Waals surface area contributed by atoms with Crippen molar-refractivity contribution in [1.82, 2.24) is 0 Å². The van der Waals surface area contributed by atoms with Crippen LogP contribution in [-0.4, -0.2) is 6.21 Å². The second kappa shape index (κ2) is 4.12. The third kappa shape index (κ3) is 1.87. The van der Waals surface area contributed by atoms with Gasteiger partial charge in [0.15, 0.2) is 0 Å². The first kappa shape index (κ1) is 9.64. The van der Waals surface area contributed by atoms with Crippen LogP contribution in [0.3, 0.4) is 0 Å². The molecule has 2 heteroatoms. The smallest absolute Gasteiger partial charge is 0.0561 e. The van der Waals surface area contributed by atoms with Crippen molar-refractivity contribution < 1.29 is 0 Å². The topological polar surface area (TPSA) is 24.4 Å². The second-order valence-corrected chi connectivity index (χ2v) is 4.70. The van der Waals surface area contributed by atoms with Gasteiger partial charge in [0.1, 0.15) is 0 Å². The summed E-state index contributed by atoms with van der Waals surface area (Å²) in [5, 5.41) is 4.33. The Labute approximate surface area is 96.1 Å². The standard InChI is InChI=1S/C14H16N2/c1-2-4-14(5-3-1)16-15-10-13-9-11-6-7-12(13)8-11/h1-7,10-13,16H,8-9H2. The van der Waals surface area contributed by atoms with E-state index >= 15 is 0 Å². The summed E-state index contributed by atoms with van der Waals surface area (Å²) >= 11 is 0. The number of nitrogens with zero attached hydrogens (tertiary/aromatic N) is 1. The third-order valence-electron chi connectivity index (χ3n) is 3.56. The monoisotopic (exact) mass is 212 g/mol. The van der Waals surface area contributed by atoms with Crippen molar-refractivity contribution in [1.29, 1.82) is 0 Å². The Bertz CT molecular complexity index is 408. The van der Waals surface area contributed by atoms with Crippen LogP contribution >= 0.6 is 0 Å². The minimum Gasteiger partial charge on any atom is -0.279 e. The van der Waals surface area contributed by atoms with E-state index in [-0.39, 0.29) is 0 Å². The Morgan fingerprint density at radius 2 is 2.00 bits per heavy atom. The fourth-order valence-corrected chi connectivity index (χ4v) is 2.71. The predicted octanol–water partition coefficient (Wildman–Crippen LogP) is 3.30. The molecule has 1 N–H and O–H groups in total. The van der Waals surface area contributed by atoms with Crippen molar-refractivity contribution in [3.63, 3.8) is 0 Å². The molecular formula is C14H16N2. The van der Waals surface area contributed by atoms with Gasteiger partial charge in [-0.3, -0.25) is 5.43 Å². The number of nitrogens with one attached hydrogen (secondary N) is 1. The highest BCUT2D eigenvalue weighted by atomic mass is 15.3. The molecule has 3 atom stereocenters. The summed E-state index contributed by atoms with van der Waals surface area (Å²) in [5.74, 6) is 2.20. The molecule has 1 saturated carbocycles. The van der Waals surface area contributed by atoms with Gasteiger partial charge >= 0.3 is 0 Å². The van der Waals surface area contributed by atoms with Crippen molar-refractivity contribution in [2.24, 2.45) is 22.9 Å². The first-order valence-electron chi connectivity index (χ1n) is 5.94. The van der Waals surface area contributed by atoms with Crippen molar-refractivity contribution >= 4 is 11.9 Å². The van der Waals surface area contributed by atoms with Crippen molar-refractivity contribution in [3.05, 3.63) is 42.5 Å². The summed E-state index contributed by atoms with van der Waals surface area (Å²) in [7, 11) is 0. The largest absolute Gasteiger partial charge is 0.279 e. The number of hydrogen-bond donors (Lipinski definition) is 1. The quantitative estimate of drug-likeness (QED) is 0.464. The number of hydrazone groups is 1. The fraction of sp³-hybridized carbons (Fsp3) is 0.357. The molecule has 3 unspecified atom stereocenters. The zero-order valence-corrected chi connectivity index (χ0v) is 9.21. The highest BCUT2D eigenvalue weighted by molar-refractivity contribution is 5.64. The van der Waals surface area contributed by atoms with E-state index in [2.05, 4.69) is 28.9 Å². The van der Waals surface area contributed by atoms with E-state index in [4.69, 9.17) is 0 Å². The average Bonchev–Trinajstić information content (AvgIpc) is 2.92. The maximum absolute atomic E-state index is 4.33. The lowest BCUT2D eigenvalue weighted by atomic mass is 9.95. The minimum atomic E-state index is 0.645. The van der Waals surface area contributed by atoms with Crippen molar-refractivity contribution in [2.45, 2.75) is 12.8 Å². The van der Waals surface area contributed by atoms with Gasteiger partial charge in [0, 0.05) is 12.1 Å². The molecule has 16 heavy (non-hydrogen) atoms. The zero-order chi connectivity index (χ0) is 10.8. The molecule has 0 saturated heterocycles. The molecule has 2 nitrogen and oxygen atoms in total. The van der Waals surface area contributed by atoms with Gasteiger partial charge in [-0.1, -0.05) is 30.4 Å². The summed E-state index contributed by atoms with van der Waals surface area (Å²) < 4.78 is 0. The van der Waals surface area contributed by atoms with Crippen LogP contribution < -0.4 is 5.43 Å². The average molecular weight is 212 g/mol. The van der Waals surface area contributed by atoms with E-state index in [1.54, 1.807) is 0 Å². The maximum Gasteiger partial charge on any atom is 0.0561 e. The Balaban J connectivity index is 1.58. The lowest BCUT2D eigenvalue weighted by Gasteiger charge is -2.12. The molecule has 1 fully saturated rings. The summed E-state index contributed by atoms with van der Waals surface area (Å²) in [6.45, 7) is 0. The molecule has 0 aliphatic heterocycles. The first-order valence-corrected chi connectivity index (χ1v) is 5.94. The van der Waals surface area contributed by atoms with Gasteiger partial charge in [-0.25, -0.2) is 0 Å². The number of para-hydroxylation sites is 1. The molecule has 2 aliphatic rings. The van der Waals surface area contributed by atoms with E-state index in [0.29, 0.717) is 5.92 Å². The number of hydrogen-bond acceptors (Lipinski definition) is 2. The van der Waals surface area contributed by atoms with Gasteiger partial charge in [-0.05, 0) is 36.8 Å². The Hall–Kier alpha value is -1.57. The third-order valence-corrected chi connectivity index (χ3v) is 3.56. The molecule has 3 rings (SSSR count). The van der Waals surface area contributed by atoms with E-state index in [0.717, 1.165) is 17.5 Å². The van der Waals surface area contributed by atoms with Crippen molar-refractivity contribution in [3.8, 4) is 0 Å². The van der Waals surface area contributed by atoms with E-state index in [1.807, 2.05) is 30.3 Å². The molecule has 2 bridgehead atoms. The van der Waals surface area contributed by atoms with E-state index in [1.165, 1.54) is 12.8 Å². The minimum absolute atomic E-state index is 0.645. The van der Waals surface area contributed by atoms with Crippen molar-refractivity contribution in [2.75, 3.05) is 5.43 Å². The van der Waals surface area contributed by atoms with Crippen LogP contribution in [0.15, 0.2) is 47.6 Å². The second-order valence-electron chi connectivity index (χ2n) is 4.70. The molecule has 0 radical (unpaired) electrons. The molecule has 0 heterocycles. The highest BCUT2D eigenvalue weighted by Gasteiger charge is 2.34. The number of rotatable bonds is 3. The Morgan fingerprint density at radius 3 is 2.69 bits per heavy atom. The van der Waals surface area contributed by atoms with E-state index < -0.39 is 0 Å². The van der Waals surface area contributed by atoms with E-state index in [9.17, 15) is 0 Å². The summed E-state index contributed by atoms with van der Waals surface area (Å²) in [4.78, 5) is 0. The van der Waals surface area contributed by atoms with Crippen LogP contribution in [0, 0.1) is 17.8 Å². The van der Waals surface area contributed by atoms with Gasteiger partial charge in [-0.2, -0.15) is 5.10 Å². The van der Waals surface area contributed by atoms with Crippen LogP contribution in [0.2, 0.25) is 0 Å². The zero-order valence-electron chi connectivity index (χ0n) is 9.21. The normalized spacial score (nSPS) is 31.4. The number of benzene rings is 1. The predicted molar refractivity (Wildman–Crippen MR) is 67.4 cm³/mol. The molecule has 1 aromatic rings. The Kier molecular flexibility index (Phi) is 2.49. The van der Waals surface area contributed by atoms with Gasteiger partial charge in [0.2, 0.25) is 0 Å². The van der Waals surface area contributed by atoms with Crippen LogP contribution in [-0.2, 0) is 0 Å². The number of anilines is 1. The van der Waals surface area contributed by atoms with Gasteiger partial charge < -0.3 is 0 Å². The molecule has 0 spiro atoms. The molecule has 0 amide bonds. The fourth-order valence-electron chi connectivity index (χ4n) is 2.71. The van der Waals surface area contributed by atoms with Gasteiger partial charge in [0.05, 0.1) is 5.69 Å². The molecular weight excluding hydrogens is 196 g/mol. The van der Waals surface area contributed by atoms with Crippen LogP contribution in [0.1, 0.15) is 12.8 Å². The summed E-state index contributed by atoms with van der Waals surface area (Å²) in [5.41, 5.74) is 4.13. The van der Waals surface area contributed by atoms with Gasteiger partial charge in [0.25, 0.3) is 0 Å². The first-order chi connectivity index (χ1) is 7.92. The SMILES string of the molecule is C1=CC2CC1CC2C=NNc1ccccc1. The molecule has 1 aromatic carbocycles. The molecule has 82 valence electrons. The maximum atomic E-state index is 4.33. The number of fused-ring (bicyclic) bond motifs is 2. The van der Waals surface area contributed by atoms with Crippen LogP contribution in [0.4, 0.5) is 5.69 Å². The summed E-state index contributed by atoms with van der Waals surface area (Å²) in [6.07, 6.45) is 9.41. The summed E-state index contributed by atoms with van der Waals surface area (Å²) in [6, 6.07) is 10.1. The molecule has 0 aromatic heterocycles. The van der Waals surface area contributed by atoms with Crippen LogP contribution in [0.25, 0.3) is 0 Å². The number of allylic oxidation sites excluding steroid dienone is 2. The molecule has 2 aliphatic carbocycles.